The van der Waals surface area contributed by atoms with Gasteiger partial charge in [-0.25, -0.2) is 4.79 Å². The Morgan fingerprint density at radius 2 is 2.20 bits per heavy atom. The van der Waals surface area contributed by atoms with E-state index in [0.29, 0.717) is 5.92 Å². The first-order valence-corrected chi connectivity index (χ1v) is 5.15. The van der Waals surface area contributed by atoms with Crippen LogP contribution in [0.15, 0.2) is 23.0 Å². The maximum atomic E-state index is 11.5. The van der Waals surface area contributed by atoms with E-state index in [-0.39, 0.29) is 5.69 Å². The SMILES string of the molecule is Cn1c(=O)[nH]c2cccc(C3CNC3)c21. The number of fused-ring (bicyclic) bond motifs is 1. The Kier molecular flexibility index (Phi) is 1.73. The van der Waals surface area contributed by atoms with E-state index in [2.05, 4.69) is 16.4 Å². The molecular weight excluding hydrogens is 190 g/mol. The number of rotatable bonds is 1. The molecule has 78 valence electrons. The molecule has 0 bridgehead atoms. The van der Waals surface area contributed by atoms with Gasteiger partial charge in [-0.1, -0.05) is 12.1 Å². The zero-order valence-electron chi connectivity index (χ0n) is 8.58. The summed E-state index contributed by atoms with van der Waals surface area (Å²) in [7, 11) is 1.82. The van der Waals surface area contributed by atoms with E-state index in [1.165, 1.54) is 5.56 Å². The van der Waals surface area contributed by atoms with E-state index in [9.17, 15) is 4.79 Å². The molecule has 15 heavy (non-hydrogen) atoms. The van der Waals surface area contributed by atoms with Gasteiger partial charge in [0, 0.05) is 26.1 Å². The van der Waals surface area contributed by atoms with E-state index in [1.54, 1.807) is 4.57 Å². The molecule has 1 aliphatic heterocycles. The Hall–Kier alpha value is -1.55. The van der Waals surface area contributed by atoms with Crippen molar-refractivity contribution in [2.24, 2.45) is 7.05 Å². The lowest BCUT2D eigenvalue weighted by Crippen LogP contribution is -2.40. The second kappa shape index (κ2) is 2.97. The molecule has 0 aliphatic carbocycles. The monoisotopic (exact) mass is 203 g/mol. The molecule has 0 amide bonds. The first kappa shape index (κ1) is 8.73. The zero-order chi connectivity index (χ0) is 10.4. The van der Waals surface area contributed by atoms with E-state index >= 15 is 0 Å². The van der Waals surface area contributed by atoms with E-state index in [0.717, 1.165) is 24.1 Å². The molecule has 0 spiro atoms. The average Bonchev–Trinajstić information content (AvgIpc) is 2.41. The third-order valence-electron chi connectivity index (χ3n) is 3.17. The topological polar surface area (TPSA) is 49.8 Å². The normalized spacial score (nSPS) is 16.9. The molecule has 1 aliphatic rings. The van der Waals surface area contributed by atoms with Crippen LogP contribution in [-0.4, -0.2) is 22.6 Å². The predicted octanol–water partition coefficient (Wildman–Crippen LogP) is 0.553. The van der Waals surface area contributed by atoms with Crippen LogP contribution in [-0.2, 0) is 7.05 Å². The summed E-state index contributed by atoms with van der Waals surface area (Å²) in [4.78, 5) is 14.4. The summed E-state index contributed by atoms with van der Waals surface area (Å²) in [6.45, 7) is 2.02. The van der Waals surface area contributed by atoms with Crippen molar-refractivity contribution in [2.45, 2.75) is 5.92 Å². The summed E-state index contributed by atoms with van der Waals surface area (Å²) in [6.07, 6.45) is 0. The number of nitrogens with one attached hydrogen (secondary N) is 2. The fourth-order valence-electron chi connectivity index (χ4n) is 2.18. The number of imidazole rings is 1. The zero-order valence-corrected chi connectivity index (χ0v) is 8.58. The third kappa shape index (κ3) is 1.15. The number of hydrogen-bond donors (Lipinski definition) is 2. The van der Waals surface area contributed by atoms with Gasteiger partial charge in [0.05, 0.1) is 11.0 Å². The number of aromatic amines is 1. The van der Waals surface area contributed by atoms with Gasteiger partial charge in [0.2, 0.25) is 0 Å². The van der Waals surface area contributed by atoms with Crippen molar-refractivity contribution in [1.82, 2.24) is 14.9 Å². The number of aromatic nitrogens is 2. The van der Waals surface area contributed by atoms with Crippen LogP contribution in [0.5, 0.6) is 0 Å². The van der Waals surface area contributed by atoms with Crippen LogP contribution in [0.25, 0.3) is 11.0 Å². The Morgan fingerprint density at radius 1 is 1.40 bits per heavy atom. The lowest BCUT2D eigenvalue weighted by atomic mass is 9.92. The lowest BCUT2D eigenvalue weighted by Gasteiger charge is -2.28. The minimum atomic E-state index is -0.0373. The van der Waals surface area contributed by atoms with Crippen molar-refractivity contribution in [3.63, 3.8) is 0 Å². The standard InChI is InChI=1S/C11H13N3O/c1-14-10-8(7-5-12-6-7)3-2-4-9(10)13-11(14)15/h2-4,7,12H,5-6H2,1H3,(H,13,15). The van der Waals surface area contributed by atoms with Crippen LogP contribution in [0, 0.1) is 0 Å². The van der Waals surface area contributed by atoms with E-state index in [4.69, 9.17) is 0 Å². The highest BCUT2D eigenvalue weighted by Crippen LogP contribution is 2.26. The van der Waals surface area contributed by atoms with Crippen LogP contribution in [0.2, 0.25) is 0 Å². The minimum Gasteiger partial charge on any atom is -0.315 e. The predicted molar refractivity (Wildman–Crippen MR) is 59.2 cm³/mol. The number of H-pyrrole nitrogens is 1. The third-order valence-corrected chi connectivity index (χ3v) is 3.17. The molecule has 1 fully saturated rings. The molecule has 0 unspecified atom stereocenters. The Balaban J connectivity index is 2.32. The van der Waals surface area contributed by atoms with Crippen LogP contribution < -0.4 is 11.0 Å². The summed E-state index contributed by atoms with van der Waals surface area (Å²) in [5, 5.41) is 3.25. The molecule has 2 N–H and O–H groups in total. The molecule has 3 rings (SSSR count). The van der Waals surface area contributed by atoms with Crippen LogP contribution >= 0.6 is 0 Å². The highest BCUT2D eigenvalue weighted by atomic mass is 16.1. The second-order valence-electron chi connectivity index (χ2n) is 4.09. The summed E-state index contributed by atoms with van der Waals surface area (Å²) < 4.78 is 1.70. The molecule has 0 saturated carbocycles. The second-order valence-corrected chi connectivity index (χ2v) is 4.09. The Bertz CT molecular complexity index is 563. The number of nitrogens with zero attached hydrogens (tertiary/aromatic N) is 1. The summed E-state index contributed by atoms with van der Waals surface area (Å²) in [6, 6.07) is 6.07. The molecule has 4 nitrogen and oxygen atoms in total. The highest BCUT2D eigenvalue weighted by Gasteiger charge is 2.22. The quantitative estimate of drug-likeness (QED) is 0.711. The average molecular weight is 203 g/mol. The molecule has 0 atom stereocenters. The molecule has 4 heteroatoms. The summed E-state index contributed by atoms with van der Waals surface area (Å²) in [5.41, 5.74) is 3.22. The van der Waals surface area contributed by atoms with Crippen LogP contribution in [0.3, 0.4) is 0 Å². The molecule has 2 heterocycles. The fourth-order valence-corrected chi connectivity index (χ4v) is 2.18. The number of aryl methyl sites for hydroxylation is 1. The first-order valence-electron chi connectivity index (χ1n) is 5.15. The molecule has 0 radical (unpaired) electrons. The Morgan fingerprint density at radius 3 is 2.87 bits per heavy atom. The van der Waals surface area contributed by atoms with Crippen molar-refractivity contribution < 1.29 is 0 Å². The molecule has 1 aromatic heterocycles. The summed E-state index contributed by atoms with van der Waals surface area (Å²) >= 11 is 0. The van der Waals surface area contributed by atoms with Crippen molar-refractivity contribution in [2.75, 3.05) is 13.1 Å². The number of hydrogen-bond acceptors (Lipinski definition) is 2. The van der Waals surface area contributed by atoms with Crippen molar-refractivity contribution >= 4 is 11.0 Å². The van der Waals surface area contributed by atoms with Gasteiger partial charge in [-0.15, -0.1) is 0 Å². The van der Waals surface area contributed by atoms with Gasteiger partial charge >= 0.3 is 5.69 Å². The van der Waals surface area contributed by atoms with Gasteiger partial charge in [-0.05, 0) is 11.6 Å². The van der Waals surface area contributed by atoms with Crippen molar-refractivity contribution in [1.29, 1.82) is 0 Å². The van der Waals surface area contributed by atoms with Crippen LogP contribution in [0.1, 0.15) is 11.5 Å². The largest absolute Gasteiger partial charge is 0.326 e. The highest BCUT2D eigenvalue weighted by molar-refractivity contribution is 5.79. The fraction of sp³-hybridized carbons (Fsp3) is 0.364. The lowest BCUT2D eigenvalue weighted by molar-refractivity contribution is 0.450. The van der Waals surface area contributed by atoms with Crippen molar-refractivity contribution in [3.8, 4) is 0 Å². The van der Waals surface area contributed by atoms with E-state index < -0.39 is 0 Å². The van der Waals surface area contributed by atoms with Crippen LogP contribution in [0.4, 0.5) is 0 Å². The van der Waals surface area contributed by atoms with E-state index in [1.807, 2.05) is 19.2 Å². The smallest absolute Gasteiger partial charge is 0.315 e. The van der Waals surface area contributed by atoms with Gasteiger partial charge in [0.15, 0.2) is 0 Å². The summed E-state index contributed by atoms with van der Waals surface area (Å²) in [5.74, 6) is 0.551. The number of para-hydroxylation sites is 1. The molecule has 1 saturated heterocycles. The first-order chi connectivity index (χ1) is 7.27. The molecule has 1 aromatic carbocycles. The Labute approximate surface area is 86.9 Å². The van der Waals surface area contributed by atoms with Gasteiger partial charge < -0.3 is 10.3 Å². The maximum Gasteiger partial charge on any atom is 0.326 e. The van der Waals surface area contributed by atoms with Crippen molar-refractivity contribution in [3.05, 3.63) is 34.2 Å². The number of benzene rings is 1. The van der Waals surface area contributed by atoms with Gasteiger partial charge in [-0.3, -0.25) is 4.57 Å². The van der Waals surface area contributed by atoms with Gasteiger partial charge in [0.1, 0.15) is 0 Å². The molecule has 2 aromatic rings. The maximum absolute atomic E-state index is 11.5. The van der Waals surface area contributed by atoms with Gasteiger partial charge in [0.25, 0.3) is 0 Å². The molecular formula is C11H13N3O. The minimum absolute atomic E-state index is 0.0373. The van der Waals surface area contributed by atoms with Gasteiger partial charge in [-0.2, -0.15) is 0 Å².